The highest BCUT2D eigenvalue weighted by Crippen LogP contribution is 2.17. The fourth-order valence-electron chi connectivity index (χ4n) is 2.55. The summed E-state index contributed by atoms with van der Waals surface area (Å²) in [5, 5.41) is 6.65. The van der Waals surface area contributed by atoms with Gasteiger partial charge in [0.15, 0.2) is 5.96 Å². The molecule has 1 aromatic carbocycles. The molecule has 128 valence electrons. The summed E-state index contributed by atoms with van der Waals surface area (Å²) < 4.78 is 11.4. The van der Waals surface area contributed by atoms with Crippen molar-refractivity contribution in [3.05, 3.63) is 29.8 Å². The average molecular weight is 320 g/mol. The molecule has 23 heavy (non-hydrogen) atoms. The van der Waals surface area contributed by atoms with Gasteiger partial charge in [-0.1, -0.05) is 18.2 Å². The first-order chi connectivity index (χ1) is 11.2. The van der Waals surface area contributed by atoms with Crippen LogP contribution in [-0.4, -0.2) is 63.9 Å². The van der Waals surface area contributed by atoms with Gasteiger partial charge in [0.2, 0.25) is 0 Å². The highest BCUT2D eigenvalue weighted by molar-refractivity contribution is 5.79. The molecule has 1 atom stereocenters. The zero-order valence-electron chi connectivity index (χ0n) is 14.3. The molecule has 0 amide bonds. The van der Waals surface area contributed by atoms with Crippen LogP contribution in [0.5, 0.6) is 5.75 Å². The molecule has 1 aliphatic heterocycles. The first kappa shape index (κ1) is 17.6. The Morgan fingerprint density at radius 2 is 2.22 bits per heavy atom. The predicted molar refractivity (Wildman–Crippen MR) is 93.0 cm³/mol. The molecule has 6 nitrogen and oxygen atoms in total. The second kappa shape index (κ2) is 9.37. The second-order valence-electron chi connectivity index (χ2n) is 5.60. The van der Waals surface area contributed by atoms with Crippen molar-refractivity contribution >= 4 is 5.96 Å². The number of rotatable bonds is 6. The van der Waals surface area contributed by atoms with Gasteiger partial charge in [0.25, 0.3) is 0 Å². The van der Waals surface area contributed by atoms with Crippen molar-refractivity contribution < 1.29 is 9.47 Å². The molecule has 2 rings (SSSR count). The molecule has 0 bridgehead atoms. The third-order valence-electron chi connectivity index (χ3n) is 3.78. The van der Waals surface area contributed by atoms with Crippen LogP contribution in [0.1, 0.15) is 12.5 Å². The molecule has 6 heteroatoms. The van der Waals surface area contributed by atoms with Crippen LogP contribution >= 0.6 is 0 Å². The number of morpholine rings is 1. The van der Waals surface area contributed by atoms with Crippen LogP contribution in [0.4, 0.5) is 0 Å². The number of benzene rings is 1. The Morgan fingerprint density at radius 3 is 2.96 bits per heavy atom. The number of ether oxygens (including phenoxy) is 2. The Hall–Kier alpha value is -1.79. The van der Waals surface area contributed by atoms with Gasteiger partial charge in [0.1, 0.15) is 5.75 Å². The summed E-state index contributed by atoms with van der Waals surface area (Å²) in [7, 11) is 3.89. The lowest BCUT2D eigenvalue weighted by atomic mass is 10.2. The van der Waals surface area contributed by atoms with E-state index in [1.807, 2.05) is 25.1 Å². The van der Waals surface area contributed by atoms with E-state index in [2.05, 4.69) is 33.6 Å². The molecular weight excluding hydrogens is 292 g/mol. The average Bonchev–Trinajstić information content (AvgIpc) is 2.57. The molecule has 1 fully saturated rings. The highest BCUT2D eigenvalue weighted by atomic mass is 16.5. The number of hydrogen-bond donors (Lipinski definition) is 2. The quantitative estimate of drug-likeness (QED) is 0.607. The maximum Gasteiger partial charge on any atom is 0.191 e. The molecule has 1 saturated heterocycles. The fraction of sp³-hybridized carbons (Fsp3) is 0.588. The van der Waals surface area contributed by atoms with Gasteiger partial charge in [-0.25, -0.2) is 0 Å². The summed E-state index contributed by atoms with van der Waals surface area (Å²) in [6.45, 7) is 6.80. The van der Waals surface area contributed by atoms with Crippen molar-refractivity contribution in [2.45, 2.75) is 19.6 Å². The van der Waals surface area contributed by atoms with E-state index in [4.69, 9.17) is 9.47 Å². The van der Waals surface area contributed by atoms with E-state index in [0.29, 0.717) is 13.2 Å². The molecule has 1 heterocycles. The summed E-state index contributed by atoms with van der Waals surface area (Å²) in [5.74, 6) is 1.68. The van der Waals surface area contributed by atoms with E-state index in [-0.39, 0.29) is 6.10 Å². The monoisotopic (exact) mass is 320 g/mol. The van der Waals surface area contributed by atoms with E-state index in [1.165, 1.54) is 0 Å². The van der Waals surface area contributed by atoms with Crippen LogP contribution in [0, 0.1) is 0 Å². The molecule has 1 aromatic rings. The minimum absolute atomic E-state index is 0.197. The van der Waals surface area contributed by atoms with Gasteiger partial charge in [-0.2, -0.15) is 0 Å². The first-order valence-corrected chi connectivity index (χ1v) is 8.18. The van der Waals surface area contributed by atoms with Crippen molar-refractivity contribution in [2.24, 2.45) is 4.99 Å². The minimum atomic E-state index is 0.197. The van der Waals surface area contributed by atoms with Crippen molar-refractivity contribution in [3.8, 4) is 5.75 Å². The minimum Gasteiger partial charge on any atom is -0.494 e. The van der Waals surface area contributed by atoms with Crippen molar-refractivity contribution in [3.63, 3.8) is 0 Å². The number of nitrogens with one attached hydrogen (secondary N) is 2. The fourth-order valence-corrected chi connectivity index (χ4v) is 2.55. The molecular formula is C17H28N4O2. The van der Waals surface area contributed by atoms with E-state index in [1.54, 1.807) is 7.05 Å². The van der Waals surface area contributed by atoms with E-state index in [9.17, 15) is 0 Å². The van der Waals surface area contributed by atoms with Crippen LogP contribution < -0.4 is 15.4 Å². The molecule has 1 aliphatic rings. The van der Waals surface area contributed by atoms with Crippen LogP contribution in [0.2, 0.25) is 0 Å². The Labute approximate surface area is 138 Å². The standard InChI is InChI=1S/C17H28N4O2/c1-4-22-16-8-6-5-7-14(16)11-19-17(18-2)20-12-15-13-21(3)9-10-23-15/h5-8,15H,4,9-13H2,1-3H3,(H2,18,19,20). The van der Waals surface area contributed by atoms with Gasteiger partial charge in [0, 0.05) is 38.8 Å². The maximum atomic E-state index is 5.75. The van der Waals surface area contributed by atoms with Crippen molar-refractivity contribution in [2.75, 3.05) is 46.9 Å². The first-order valence-electron chi connectivity index (χ1n) is 8.18. The molecule has 2 N–H and O–H groups in total. The summed E-state index contributed by atoms with van der Waals surface area (Å²) in [4.78, 5) is 6.55. The largest absolute Gasteiger partial charge is 0.494 e. The zero-order chi connectivity index (χ0) is 16.5. The van der Waals surface area contributed by atoms with Gasteiger partial charge >= 0.3 is 0 Å². The van der Waals surface area contributed by atoms with E-state index < -0.39 is 0 Å². The molecule has 0 aliphatic carbocycles. The Morgan fingerprint density at radius 1 is 1.39 bits per heavy atom. The molecule has 1 unspecified atom stereocenters. The SMILES string of the molecule is CCOc1ccccc1CNC(=NC)NCC1CN(C)CCO1. The lowest BCUT2D eigenvalue weighted by molar-refractivity contribution is -0.0161. The number of para-hydroxylation sites is 1. The number of nitrogens with zero attached hydrogens (tertiary/aromatic N) is 2. The number of guanidine groups is 1. The Bertz CT molecular complexity index is 507. The molecule has 0 spiro atoms. The Kier molecular flexibility index (Phi) is 7.16. The molecule has 0 saturated carbocycles. The summed E-state index contributed by atoms with van der Waals surface area (Å²) in [6, 6.07) is 8.05. The Balaban J connectivity index is 1.81. The van der Waals surface area contributed by atoms with Crippen LogP contribution in [0.15, 0.2) is 29.3 Å². The van der Waals surface area contributed by atoms with Crippen LogP contribution in [0.3, 0.4) is 0 Å². The molecule has 0 radical (unpaired) electrons. The van der Waals surface area contributed by atoms with E-state index >= 15 is 0 Å². The summed E-state index contributed by atoms with van der Waals surface area (Å²) in [5.41, 5.74) is 1.12. The topological polar surface area (TPSA) is 58.1 Å². The lowest BCUT2D eigenvalue weighted by Gasteiger charge is -2.30. The lowest BCUT2D eigenvalue weighted by Crippen LogP contribution is -2.48. The van der Waals surface area contributed by atoms with Gasteiger partial charge in [-0.05, 0) is 20.0 Å². The summed E-state index contributed by atoms with van der Waals surface area (Å²) >= 11 is 0. The number of likely N-dealkylation sites (N-methyl/N-ethyl adjacent to an activating group) is 1. The van der Waals surface area contributed by atoms with E-state index in [0.717, 1.165) is 43.5 Å². The highest BCUT2D eigenvalue weighted by Gasteiger charge is 2.17. The molecule has 0 aromatic heterocycles. The maximum absolute atomic E-state index is 5.75. The van der Waals surface area contributed by atoms with Gasteiger partial charge < -0.3 is 25.0 Å². The smallest absolute Gasteiger partial charge is 0.191 e. The van der Waals surface area contributed by atoms with Crippen molar-refractivity contribution in [1.29, 1.82) is 0 Å². The summed E-state index contributed by atoms with van der Waals surface area (Å²) in [6.07, 6.45) is 0.197. The third-order valence-corrected chi connectivity index (χ3v) is 3.78. The third kappa shape index (κ3) is 5.73. The zero-order valence-corrected chi connectivity index (χ0v) is 14.3. The van der Waals surface area contributed by atoms with Gasteiger partial charge in [0.05, 0.1) is 19.3 Å². The van der Waals surface area contributed by atoms with Crippen LogP contribution in [-0.2, 0) is 11.3 Å². The van der Waals surface area contributed by atoms with Crippen molar-refractivity contribution in [1.82, 2.24) is 15.5 Å². The van der Waals surface area contributed by atoms with Gasteiger partial charge in [-0.15, -0.1) is 0 Å². The normalized spacial score (nSPS) is 19.4. The second-order valence-corrected chi connectivity index (χ2v) is 5.60. The van der Waals surface area contributed by atoms with Crippen LogP contribution in [0.25, 0.3) is 0 Å². The number of hydrogen-bond acceptors (Lipinski definition) is 4. The van der Waals surface area contributed by atoms with Gasteiger partial charge in [-0.3, -0.25) is 4.99 Å². The number of aliphatic imine (C=N–C) groups is 1. The predicted octanol–water partition coefficient (Wildman–Crippen LogP) is 1.08.